The van der Waals surface area contributed by atoms with Crippen molar-refractivity contribution in [1.82, 2.24) is 5.32 Å². The van der Waals surface area contributed by atoms with Crippen molar-refractivity contribution in [3.05, 3.63) is 48.0 Å². The number of hydrogen-bond donors (Lipinski definition) is 2. The molecule has 18 heavy (non-hydrogen) atoms. The van der Waals surface area contributed by atoms with Crippen molar-refractivity contribution in [3.63, 3.8) is 0 Å². The molecule has 5 nitrogen and oxygen atoms in total. The Morgan fingerprint density at radius 1 is 1.39 bits per heavy atom. The SMILES string of the molecule is C=C(CNC(C(=O)OC)c1ccccc1)C(=O)O. The fourth-order valence-electron chi connectivity index (χ4n) is 1.40. The molecule has 0 amide bonds. The topological polar surface area (TPSA) is 75.6 Å². The zero-order valence-corrected chi connectivity index (χ0v) is 10.1. The smallest absolute Gasteiger partial charge is 0.332 e. The summed E-state index contributed by atoms with van der Waals surface area (Å²) in [7, 11) is 1.28. The molecule has 0 saturated carbocycles. The summed E-state index contributed by atoms with van der Waals surface area (Å²) in [6, 6.07) is 8.23. The van der Waals surface area contributed by atoms with Crippen molar-refractivity contribution < 1.29 is 19.4 Å². The minimum absolute atomic E-state index is 0.00396. The molecule has 1 aromatic rings. The van der Waals surface area contributed by atoms with E-state index in [-0.39, 0.29) is 12.1 Å². The van der Waals surface area contributed by atoms with Gasteiger partial charge in [-0.1, -0.05) is 36.9 Å². The number of carbonyl (C=O) groups is 2. The second kappa shape index (κ2) is 6.56. The number of carboxylic acids is 1. The van der Waals surface area contributed by atoms with Crippen molar-refractivity contribution in [2.75, 3.05) is 13.7 Å². The molecule has 1 aromatic carbocycles. The lowest BCUT2D eigenvalue weighted by molar-refractivity contribution is -0.143. The Balaban J connectivity index is 2.78. The van der Waals surface area contributed by atoms with E-state index >= 15 is 0 Å². The van der Waals surface area contributed by atoms with Crippen LogP contribution in [-0.4, -0.2) is 30.7 Å². The van der Waals surface area contributed by atoms with Crippen LogP contribution in [-0.2, 0) is 14.3 Å². The molecule has 1 unspecified atom stereocenters. The van der Waals surface area contributed by atoms with Crippen LogP contribution in [0.1, 0.15) is 11.6 Å². The third-order valence-electron chi connectivity index (χ3n) is 2.39. The number of carbonyl (C=O) groups excluding carboxylic acids is 1. The van der Waals surface area contributed by atoms with E-state index in [0.717, 1.165) is 0 Å². The predicted octanol–water partition coefficient (Wildman–Crippen LogP) is 1.13. The maximum absolute atomic E-state index is 11.6. The highest BCUT2D eigenvalue weighted by atomic mass is 16.5. The molecule has 0 aliphatic rings. The van der Waals surface area contributed by atoms with Crippen LogP contribution in [0.4, 0.5) is 0 Å². The highest BCUT2D eigenvalue weighted by Gasteiger charge is 2.21. The molecule has 0 radical (unpaired) electrons. The first-order valence-corrected chi connectivity index (χ1v) is 5.33. The van der Waals surface area contributed by atoms with Crippen LogP contribution in [0, 0.1) is 0 Å². The number of benzene rings is 1. The molecule has 0 heterocycles. The van der Waals surface area contributed by atoms with Crippen LogP contribution >= 0.6 is 0 Å². The van der Waals surface area contributed by atoms with Crippen LogP contribution in [0.25, 0.3) is 0 Å². The van der Waals surface area contributed by atoms with Gasteiger partial charge >= 0.3 is 11.9 Å². The Hall–Kier alpha value is -2.14. The molecule has 5 heteroatoms. The molecule has 0 aliphatic carbocycles. The lowest BCUT2D eigenvalue weighted by Gasteiger charge is -2.16. The summed E-state index contributed by atoms with van der Waals surface area (Å²) < 4.78 is 4.68. The Bertz CT molecular complexity index is 442. The van der Waals surface area contributed by atoms with Crippen molar-refractivity contribution in [2.45, 2.75) is 6.04 Å². The second-order valence-corrected chi connectivity index (χ2v) is 3.66. The van der Waals surface area contributed by atoms with E-state index in [9.17, 15) is 9.59 Å². The van der Waals surface area contributed by atoms with Gasteiger partial charge in [0.2, 0.25) is 0 Å². The third kappa shape index (κ3) is 3.71. The molecule has 0 bridgehead atoms. The number of nitrogens with one attached hydrogen (secondary N) is 1. The maximum Gasteiger partial charge on any atom is 0.332 e. The molecule has 0 aromatic heterocycles. The van der Waals surface area contributed by atoms with Gasteiger partial charge in [0.1, 0.15) is 6.04 Å². The lowest BCUT2D eigenvalue weighted by atomic mass is 10.1. The van der Waals surface area contributed by atoms with E-state index in [0.29, 0.717) is 5.56 Å². The number of esters is 1. The third-order valence-corrected chi connectivity index (χ3v) is 2.39. The van der Waals surface area contributed by atoms with Gasteiger partial charge in [-0.2, -0.15) is 0 Å². The van der Waals surface area contributed by atoms with Gasteiger partial charge in [0.15, 0.2) is 0 Å². The van der Waals surface area contributed by atoms with Gasteiger partial charge in [-0.15, -0.1) is 0 Å². The summed E-state index contributed by atoms with van der Waals surface area (Å²) >= 11 is 0. The van der Waals surface area contributed by atoms with Crippen LogP contribution in [0.15, 0.2) is 42.5 Å². The maximum atomic E-state index is 11.6. The molecule has 0 spiro atoms. The van der Waals surface area contributed by atoms with Crippen LogP contribution in [0.2, 0.25) is 0 Å². The Morgan fingerprint density at radius 2 is 2.00 bits per heavy atom. The van der Waals surface area contributed by atoms with Crippen LogP contribution < -0.4 is 5.32 Å². The molecule has 0 fully saturated rings. The number of aliphatic carboxylic acids is 1. The number of ether oxygens (including phenoxy) is 1. The first kappa shape index (κ1) is 13.9. The molecule has 1 atom stereocenters. The fourth-order valence-corrected chi connectivity index (χ4v) is 1.40. The summed E-state index contributed by atoms with van der Waals surface area (Å²) in [5, 5.41) is 11.5. The first-order valence-electron chi connectivity index (χ1n) is 5.33. The monoisotopic (exact) mass is 249 g/mol. The van der Waals surface area contributed by atoms with Gasteiger partial charge in [0, 0.05) is 12.1 Å². The Labute approximate surface area is 105 Å². The lowest BCUT2D eigenvalue weighted by Crippen LogP contribution is -2.32. The molecular weight excluding hydrogens is 234 g/mol. The molecule has 0 saturated heterocycles. The summed E-state index contributed by atoms with van der Waals surface area (Å²) in [5.74, 6) is -1.57. The van der Waals surface area contributed by atoms with Crippen molar-refractivity contribution in [2.24, 2.45) is 0 Å². The minimum Gasteiger partial charge on any atom is -0.478 e. The van der Waals surface area contributed by atoms with Crippen molar-refractivity contribution in [1.29, 1.82) is 0 Å². The number of carboxylic acid groups (broad SMARTS) is 1. The van der Waals surface area contributed by atoms with E-state index in [2.05, 4.69) is 16.6 Å². The number of hydrogen-bond acceptors (Lipinski definition) is 4. The van der Waals surface area contributed by atoms with Crippen LogP contribution in [0.5, 0.6) is 0 Å². The standard InChI is InChI=1S/C13H15NO4/c1-9(12(15)16)8-14-11(13(17)18-2)10-6-4-3-5-7-10/h3-7,11,14H,1,8H2,2H3,(H,15,16). The van der Waals surface area contributed by atoms with Gasteiger partial charge < -0.3 is 9.84 Å². The van der Waals surface area contributed by atoms with Crippen molar-refractivity contribution >= 4 is 11.9 Å². The van der Waals surface area contributed by atoms with E-state index < -0.39 is 18.0 Å². The average molecular weight is 249 g/mol. The van der Waals surface area contributed by atoms with Crippen molar-refractivity contribution in [3.8, 4) is 0 Å². The zero-order chi connectivity index (χ0) is 13.5. The number of methoxy groups -OCH3 is 1. The quantitative estimate of drug-likeness (QED) is 0.584. The molecule has 0 aliphatic heterocycles. The summed E-state index contributed by atoms with van der Waals surface area (Å²) in [6.07, 6.45) is 0. The molecule has 96 valence electrons. The Kier molecular flexibility index (Phi) is 5.07. The highest BCUT2D eigenvalue weighted by molar-refractivity contribution is 5.86. The second-order valence-electron chi connectivity index (χ2n) is 3.66. The molecule has 1 rings (SSSR count). The van der Waals surface area contributed by atoms with E-state index in [1.165, 1.54) is 7.11 Å². The summed E-state index contributed by atoms with van der Waals surface area (Å²) in [6.45, 7) is 3.39. The minimum atomic E-state index is -1.10. The van der Waals surface area contributed by atoms with Gasteiger partial charge in [-0.05, 0) is 5.56 Å². The highest BCUT2D eigenvalue weighted by Crippen LogP contribution is 2.14. The van der Waals surface area contributed by atoms with Gasteiger partial charge in [-0.25, -0.2) is 9.59 Å². The zero-order valence-electron chi connectivity index (χ0n) is 10.1. The fraction of sp³-hybridized carbons (Fsp3) is 0.231. The first-order chi connectivity index (χ1) is 8.56. The largest absolute Gasteiger partial charge is 0.478 e. The summed E-state index contributed by atoms with van der Waals surface area (Å²) in [5.41, 5.74) is 0.697. The average Bonchev–Trinajstić information content (AvgIpc) is 2.39. The molecule has 2 N–H and O–H groups in total. The van der Waals surface area contributed by atoms with Gasteiger partial charge in [0.05, 0.1) is 7.11 Å². The molecular formula is C13H15NO4. The Morgan fingerprint density at radius 3 is 2.50 bits per heavy atom. The van der Waals surface area contributed by atoms with E-state index in [4.69, 9.17) is 5.11 Å². The van der Waals surface area contributed by atoms with E-state index in [1.807, 2.05) is 6.07 Å². The van der Waals surface area contributed by atoms with Gasteiger partial charge in [-0.3, -0.25) is 5.32 Å². The van der Waals surface area contributed by atoms with E-state index in [1.54, 1.807) is 24.3 Å². The number of rotatable bonds is 6. The normalized spacial score (nSPS) is 11.6. The van der Waals surface area contributed by atoms with Crippen LogP contribution in [0.3, 0.4) is 0 Å². The summed E-state index contributed by atoms with van der Waals surface area (Å²) in [4.78, 5) is 22.3. The van der Waals surface area contributed by atoms with Gasteiger partial charge in [0.25, 0.3) is 0 Å². The predicted molar refractivity (Wildman–Crippen MR) is 66.0 cm³/mol.